The van der Waals surface area contributed by atoms with Crippen molar-refractivity contribution in [1.82, 2.24) is 20.1 Å². The molecule has 1 fully saturated rings. The summed E-state index contributed by atoms with van der Waals surface area (Å²) in [6.45, 7) is 7.98. The molecule has 0 bridgehead atoms. The van der Waals surface area contributed by atoms with E-state index in [1.165, 1.54) is 38.5 Å². The van der Waals surface area contributed by atoms with Crippen molar-refractivity contribution in [3.8, 4) is 0 Å². The number of hydrogen-bond donors (Lipinski definition) is 1. The number of rotatable bonds is 7. The fraction of sp³-hybridized carbons (Fsp3) is 0.867. The van der Waals surface area contributed by atoms with Gasteiger partial charge in [0.05, 0.1) is 0 Å². The molecule has 0 saturated carbocycles. The molecule has 2 heterocycles. The molecule has 4 heteroatoms. The highest BCUT2D eigenvalue weighted by molar-refractivity contribution is 4.90. The van der Waals surface area contributed by atoms with Crippen molar-refractivity contribution in [2.75, 3.05) is 13.1 Å². The summed E-state index contributed by atoms with van der Waals surface area (Å²) in [6, 6.07) is 0. The first-order chi connectivity index (χ1) is 9.30. The highest BCUT2D eigenvalue weighted by Crippen LogP contribution is 2.42. The Morgan fingerprint density at radius 2 is 2.11 bits per heavy atom. The van der Waals surface area contributed by atoms with Gasteiger partial charge in [0.1, 0.15) is 12.7 Å². The zero-order chi connectivity index (χ0) is 13.6. The van der Waals surface area contributed by atoms with E-state index in [9.17, 15) is 0 Å². The number of nitrogens with zero attached hydrogens (tertiary/aromatic N) is 3. The Labute approximate surface area is 117 Å². The van der Waals surface area contributed by atoms with Crippen molar-refractivity contribution in [2.24, 2.45) is 11.3 Å². The monoisotopic (exact) mass is 264 g/mol. The molecule has 1 aliphatic heterocycles. The van der Waals surface area contributed by atoms with Crippen LogP contribution in [0.5, 0.6) is 0 Å². The molecule has 4 nitrogen and oxygen atoms in total. The Hall–Kier alpha value is -0.900. The zero-order valence-electron chi connectivity index (χ0n) is 12.4. The molecule has 1 aromatic heterocycles. The van der Waals surface area contributed by atoms with Crippen LogP contribution < -0.4 is 5.32 Å². The second-order valence-electron chi connectivity index (χ2n) is 5.95. The molecule has 2 rings (SSSR count). The summed E-state index contributed by atoms with van der Waals surface area (Å²) >= 11 is 0. The summed E-state index contributed by atoms with van der Waals surface area (Å²) in [7, 11) is 0. The van der Waals surface area contributed by atoms with Crippen LogP contribution in [0.3, 0.4) is 0 Å². The van der Waals surface area contributed by atoms with Gasteiger partial charge in [0.15, 0.2) is 0 Å². The first-order valence-electron chi connectivity index (χ1n) is 7.84. The van der Waals surface area contributed by atoms with E-state index >= 15 is 0 Å². The quantitative estimate of drug-likeness (QED) is 0.823. The summed E-state index contributed by atoms with van der Waals surface area (Å²) < 4.78 is 2.04. The topological polar surface area (TPSA) is 42.7 Å². The van der Waals surface area contributed by atoms with E-state index in [0.29, 0.717) is 5.41 Å². The average Bonchev–Trinajstić information content (AvgIpc) is 2.93. The number of aromatic nitrogens is 3. The van der Waals surface area contributed by atoms with Crippen LogP contribution in [0.2, 0.25) is 0 Å². The van der Waals surface area contributed by atoms with Gasteiger partial charge >= 0.3 is 0 Å². The third kappa shape index (κ3) is 3.56. The fourth-order valence-electron chi connectivity index (χ4n) is 3.65. The molecular weight excluding hydrogens is 236 g/mol. The van der Waals surface area contributed by atoms with Crippen LogP contribution in [-0.2, 0) is 6.54 Å². The van der Waals surface area contributed by atoms with Crippen LogP contribution in [0, 0.1) is 11.3 Å². The highest BCUT2D eigenvalue weighted by Gasteiger charge is 2.38. The van der Waals surface area contributed by atoms with Gasteiger partial charge in [-0.25, -0.2) is 4.98 Å². The molecule has 1 atom stereocenters. The Morgan fingerprint density at radius 3 is 2.68 bits per heavy atom. The fourth-order valence-corrected chi connectivity index (χ4v) is 3.65. The summed E-state index contributed by atoms with van der Waals surface area (Å²) in [6.07, 6.45) is 11.4. The smallest absolute Gasteiger partial charge is 0.137 e. The van der Waals surface area contributed by atoms with Crippen LogP contribution >= 0.6 is 0 Å². The van der Waals surface area contributed by atoms with Crippen molar-refractivity contribution in [3.63, 3.8) is 0 Å². The van der Waals surface area contributed by atoms with E-state index in [1.807, 2.05) is 11.0 Å². The Bertz CT molecular complexity index is 341. The van der Waals surface area contributed by atoms with Gasteiger partial charge < -0.3 is 5.32 Å². The van der Waals surface area contributed by atoms with Gasteiger partial charge in [-0.1, -0.05) is 33.1 Å². The van der Waals surface area contributed by atoms with Crippen LogP contribution in [0.15, 0.2) is 12.7 Å². The van der Waals surface area contributed by atoms with Crippen LogP contribution in [-0.4, -0.2) is 27.9 Å². The number of piperidine rings is 1. The molecule has 0 radical (unpaired) electrons. The van der Waals surface area contributed by atoms with Gasteiger partial charge in [-0.2, -0.15) is 5.10 Å². The Morgan fingerprint density at radius 1 is 1.32 bits per heavy atom. The SMILES string of the molecule is CCCCC(CC)C1(Cn2cncn2)CCNCC1. The molecule has 108 valence electrons. The predicted octanol–water partition coefficient (Wildman–Crippen LogP) is 2.86. The first-order valence-corrected chi connectivity index (χ1v) is 7.84. The van der Waals surface area contributed by atoms with Crippen LogP contribution in [0.1, 0.15) is 52.4 Å². The molecule has 0 aromatic carbocycles. The summed E-state index contributed by atoms with van der Waals surface area (Å²) in [5.41, 5.74) is 0.420. The molecule has 19 heavy (non-hydrogen) atoms. The number of nitrogens with one attached hydrogen (secondary N) is 1. The maximum atomic E-state index is 4.34. The lowest BCUT2D eigenvalue weighted by Crippen LogP contribution is -2.44. The molecular formula is C15H28N4. The predicted molar refractivity (Wildman–Crippen MR) is 77.9 cm³/mol. The van der Waals surface area contributed by atoms with Crippen molar-refractivity contribution < 1.29 is 0 Å². The van der Waals surface area contributed by atoms with Crippen LogP contribution in [0.25, 0.3) is 0 Å². The summed E-state index contributed by atoms with van der Waals surface area (Å²) in [5, 5.41) is 7.85. The maximum Gasteiger partial charge on any atom is 0.137 e. The van der Waals surface area contributed by atoms with E-state index in [2.05, 4.69) is 29.2 Å². The molecule has 1 saturated heterocycles. The molecule has 0 spiro atoms. The molecule has 1 aliphatic rings. The highest BCUT2D eigenvalue weighted by atomic mass is 15.3. The van der Waals surface area contributed by atoms with E-state index in [-0.39, 0.29) is 0 Å². The molecule has 1 aromatic rings. The van der Waals surface area contributed by atoms with Crippen LogP contribution in [0.4, 0.5) is 0 Å². The van der Waals surface area contributed by atoms with Crippen molar-refractivity contribution >= 4 is 0 Å². The Kier molecular flexibility index (Phi) is 5.37. The molecule has 1 N–H and O–H groups in total. The van der Waals surface area contributed by atoms with Crippen molar-refractivity contribution in [2.45, 2.75) is 58.9 Å². The maximum absolute atomic E-state index is 4.34. The lowest BCUT2D eigenvalue weighted by atomic mass is 9.66. The van der Waals surface area contributed by atoms with Gasteiger partial charge in [0.2, 0.25) is 0 Å². The standard InChI is InChI=1S/C15H28N4/c1-3-5-6-14(4-2)15(7-9-16-10-8-15)11-19-13-17-12-18-19/h12-14,16H,3-11H2,1-2H3. The van der Waals surface area contributed by atoms with Gasteiger partial charge in [-0.3, -0.25) is 4.68 Å². The number of hydrogen-bond acceptors (Lipinski definition) is 3. The second kappa shape index (κ2) is 7.04. The van der Waals surface area contributed by atoms with E-state index < -0.39 is 0 Å². The third-order valence-corrected chi connectivity index (χ3v) is 4.81. The number of unbranched alkanes of at least 4 members (excludes halogenated alkanes) is 1. The van der Waals surface area contributed by atoms with Crippen molar-refractivity contribution in [1.29, 1.82) is 0 Å². The van der Waals surface area contributed by atoms with Gasteiger partial charge in [0, 0.05) is 6.54 Å². The van der Waals surface area contributed by atoms with Crippen molar-refractivity contribution in [3.05, 3.63) is 12.7 Å². The van der Waals surface area contributed by atoms with E-state index in [4.69, 9.17) is 0 Å². The van der Waals surface area contributed by atoms with Gasteiger partial charge in [-0.15, -0.1) is 0 Å². The summed E-state index contributed by atoms with van der Waals surface area (Å²) in [4.78, 5) is 4.10. The van der Waals surface area contributed by atoms with E-state index in [0.717, 1.165) is 25.6 Å². The first kappa shape index (κ1) is 14.5. The lowest BCUT2D eigenvalue weighted by Gasteiger charge is -2.44. The minimum atomic E-state index is 0.420. The Balaban J connectivity index is 2.12. The lowest BCUT2D eigenvalue weighted by molar-refractivity contribution is 0.0659. The molecule has 0 aliphatic carbocycles. The zero-order valence-corrected chi connectivity index (χ0v) is 12.4. The largest absolute Gasteiger partial charge is 0.317 e. The molecule has 0 amide bonds. The normalized spacial score (nSPS) is 20.3. The minimum Gasteiger partial charge on any atom is -0.317 e. The van der Waals surface area contributed by atoms with Gasteiger partial charge in [-0.05, 0) is 43.7 Å². The third-order valence-electron chi connectivity index (χ3n) is 4.81. The second-order valence-corrected chi connectivity index (χ2v) is 5.95. The summed E-state index contributed by atoms with van der Waals surface area (Å²) in [5.74, 6) is 0.818. The minimum absolute atomic E-state index is 0.420. The molecule has 1 unspecified atom stereocenters. The van der Waals surface area contributed by atoms with Gasteiger partial charge in [0.25, 0.3) is 0 Å². The van der Waals surface area contributed by atoms with E-state index in [1.54, 1.807) is 6.33 Å². The average molecular weight is 264 g/mol.